The molecular weight excluding hydrogens is 262 g/mol. The fourth-order valence-corrected chi connectivity index (χ4v) is 2.05. The van der Waals surface area contributed by atoms with E-state index < -0.39 is 0 Å². The van der Waals surface area contributed by atoms with Gasteiger partial charge in [0, 0.05) is 31.3 Å². The van der Waals surface area contributed by atoms with Gasteiger partial charge < -0.3 is 16.0 Å². The normalized spacial score (nSPS) is 12.1. The third-order valence-corrected chi connectivity index (χ3v) is 3.58. The molecule has 1 aromatic heterocycles. The highest BCUT2D eigenvalue weighted by atomic mass is 15.2. The number of anilines is 2. The second-order valence-electron chi connectivity index (χ2n) is 5.24. The van der Waals surface area contributed by atoms with Crippen LogP contribution in [-0.2, 0) is 0 Å². The maximum absolute atomic E-state index is 5.86. The van der Waals surface area contributed by atoms with E-state index in [0.29, 0.717) is 12.0 Å². The number of nitrogens with one attached hydrogen (secondary N) is 1. The van der Waals surface area contributed by atoms with Crippen LogP contribution in [0.15, 0.2) is 36.4 Å². The zero-order valence-corrected chi connectivity index (χ0v) is 12.9. The molecule has 2 rings (SSSR count). The SMILES string of the molecule is CNC(C)CCN(C)c1cc(-c2ccccc2)nc(N)n1. The number of nitrogens with zero attached hydrogens (tertiary/aromatic N) is 3. The second kappa shape index (κ2) is 7.04. The van der Waals surface area contributed by atoms with Crippen LogP contribution in [0.25, 0.3) is 11.3 Å². The van der Waals surface area contributed by atoms with E-state index in [9.17, 15) is 0 Å². The Labute approximate surface area is 126 Å². The lowest BCUT2D eigenvalue weighted by atomic mass is 10.1. The van der Waals surface area contributed by atoms with Gasteiger partial charge in [0.05, 0.1) is 5.69 Å². The molecule has 1 atom stereocenters. The molecule has 0 aliphatic rings. The van der Waals surface area contributed by atoms with Crippen LogP contribution >= 0.6 is 0 Å². The molecule has 5 nitrogen and oxygen atoms in total. The van der Waals surface area contributed by atoms with Gasteiger partial charge in [-0.3, -0.25) is 0 Å². The number of hydrogen-bond donors (Lipinski definition) is 2. The summed E-state index contributed by atoms with van der Waals surface area (Å²) in [5, 5.41) is 3.24. The van der Waals surface area contributed by atoms with Gasteiger partial charge in [-0.15, -0.1) is 0 Å². The molecule has 2 aromatic rings. The van der Waals surface area contributed by atoms with Crippen molar-refractivity contribution >= 4 is 11.8 Å². The molecule has 21 heavy (non-hydrogen) atoms. The number of hydrogen-bond acceptors (Lipinski definition) is 5. The van der Waals surface area contributed by atoms with Gasteiger partial charge in [-0.05, 0) is 20.4 Å². The lowest BCUT2D eigenvalue weighted by Crippen LogP contribution is -2.29. The van der Waals surface area contributed by atoms with E-state index in [1.54, 1.807) is 0 Å². The smallest absolute Gasteiger partial charge is 0.222 e. The van der Waals surface area contributed by atoms with Crippen LogP contribution in [0.5, 0.6) is 0 Å². The summed E-state index contributed by atoms with van der Waals surface area (Å²) in [4.78, 5) is 10.8. The third kappa shape index (κ3) is 4.16. The Morgan fingerprint density at radius 1 is 1.24 bits per heavy atom. The van der Waals surface area contributed by atoms with Crippen LogP contribution in [-0.4, -0.2) is 36.6 Å². The van der Waals surface area contributed by atoms with Crippen LogP contribution in [0.3, 0.4) is 0 Å². The van der Waals surface area contributed by atoms with E-state index in [1.807, 2.05) is 50.5 Å². The maximum atomic E-state index is 5.86. The Balaban J connectivity index is 2.19. The minimum Gasteiger partial charge on any atom is -0.368 e. The van der Waals surface area contributed by atoms with Crippen molar-refractivity contribution in [1.29, 1.82) is 0 Å². The minimum absolute atomic E-state index is 0.305. The lowest BCUT2D eigenvalue weighted by molar-refractivity contribution is 0.564. The Hall–Kier alpha value is -2.14. The summed E-state index contributed by atoms with van der Waals surface area (Å²) in [6.45, 7) is 3.07. The van der Waals surface area contributed by atoms with Gasteiger partial charge in [-0.1, -0.05) is 30.3 Å². The van der Waals surface area contributed by atoms with Crippen LogP contribution < -0.4 is 16.0 Å². The van der Waals surface area contributed by atoms with Crippen molar-refractivity contribution in [3.05, 3.63) is 36.4 Å². The number of nitrogen functional groups attached to an aromatic ring is 1. The summed E-state index contributed by atoms with van der Waals surface area (Å²) in [7, 11) is 4.00. The Morgan fingerprint density at radius 2 is 1.95 bits per heavy atom. The Kier molecular flexibility index (Phi) is 5.11. The summed E-state index contributed by atoms with van der Waals surface area (Å²) in [6.07, 6.45) is 1.04. The minimum atomic E-state index is 0.305. The first-order valence-corrected chi connectivity index (χ1v) is 7.18. The van der Waals surface area contributed by atoms with E-state index in [2.05, 4.69) is 27.1 Å². The van der Waals surface area contributed by atoms with Crippen LogP contribution in [0.1, 0.15) is 13.3 Å². The molecule has 0 saturated carbocycles. The fraction of sp³-hybridized carbons (Fsp3) is 0.375. The van der Waals surface area contributed by atoms with Gasteiger partial charge >= 0.3 is 0 Å². The number of benzene rings is 1. The van der Waals surface area contributed by atoms with Crippen molar-refractivity contribution in [2.75, 3.05) is 31.3 Å². The van der Waals surface area contributed by atoms with Gasteiger partial charge in [-0.25, -0.2) is 4.98 Å². The van der Waals surface area contributed by atoms with Gasteiger partial charge in [0.1, 0.15) is 5.82 Å². The molecule has 0 amide bonds. The van der Waals surface area contributed by atoms with E-state index in [4.69, 9.17) is 5.73 Å². The summed E-state index contributed by atoms with van der Waals surface area (Å²) in [5.41, 5.74) is 7.75. The molecule has 0 fully saturated rings. The molecule has 0 aliphatic carbocycles. The van der Waals surface area contributed by atoms with E-state index in [1.165, 1.54) is 0 Å². The number of aromatic nitrogens is 2. The standard InChI is InChI=1S/C16H23N5/c1-12(18-2)9-10-21(3)15-11-14(19-16(17)20-15)13-7-5-4-6-8-13/h4-8,11-12,18H,9-10H2,1-3H3,(H2,17,19,20). The molecule has 3 N–H and O–H groups in total. The quantitative estimate of drug-likeness (QED) is 0.851. The van der Waals surface area contributed by atoms with Crippen LogP contribution in [0.4, 0.5) is 11.8 Å². The lowest BCUT2D eigenvalue weighted by Gasteiger charge is -2.21. The summed E-state index contributed by atoms with van der Waals surface area (Å²) in [5.74, 6) is 1.16. The average Bonchev–Trinajstić information content (AvgIpc) is 2.52. The first-order valence-electron chi connectivity index (χ1n) is 7.18. The zero-order valence-electron chi connectivity index (χ0n) is 12.9. The van der Waals surface area contributed by atoms with Crippen molar-refractivity contribution in [3.8, 4) is 11.3 Å². The topological polar surface area (TPSA) is 67.1 Å². The highest BCUT2D eigenvalue weighted by Crippen LogP contribution is 2.22. The molecule has 1 aromatic carbocycles. The Morgan fingerprint density at radius 3 is 2.62 bits per heavy atom. The molecule has 112 valence electrons. The number of rotatable bonds is 6. The van der Waals surface area contributed by atoms with Crippen LogP contribution in [0.2, 0.25) is 0 Å². The van der Waals surface area contributed by atoms with Crippen molar-refractivity contribution < 1.29 is 0 Å². The summed E-state index contributed by atoms with van der Waals surface area (Å²) >= 11 is 0. The molecule has 0 aliphatic heterocycles. The maximum Gasteiger partial charge on any atom is 0.222 e. The first-order chi connectivity index (χ1) is 10.1. The van der Waals surface area contributed by atoms with Crippen molar-refractivity contribution in [1.82, 2.24) is 15.3 Å². The van der Waals surface area contributed by atoms with Crippen molar-refractivity contribution in [2.24, 2.45) is 0 Å². The van der Waals surface area contributed by atoms with Crippen molar-refractivity contribution in [2.45, 2.75) is 19.4 Å². The molecule has 5 heteroatoms. The van der Waals surface area contributed by atoms with Gasteiger partial charge in [0.25, 0.3) is 0 Å². The summed E-state index contributed by atoms with van der Waals surface area (Å²) < 4.78 is 0. The molecule has 1 unspecified atom stereocenters. The largest absolute Gasteiger partial charge is 0.368 e. The highest BCUT2D eigenvalue weighted by molar-refractivity contribution is 5.64. The monoisotopic (exact) mass is 285 g/mol. The molecule has 0 saturated heterocycles. The average molecular weight is 285 g/mol. The van der Waals surface area contributed by atoms with E-state index >= 15 is 0 Å². The molecule has 0 radical (unpaired) electrons. The van der Waals surface area contributed by atoms with Gasteiger partial charge in [0.2, 0.25) is 5.95 Å². The molecule has 1 heterocycles. The van der Waals surface area contributed by atoms with Crippen molar-refractivity contribution in [3.63, 3.8) is 0 Å². The Bertz CT molecular complexity index is 570. The van der Waals surface area contributed by atoms with Crippen LogP contribution in [0, 0.1) is 0 Å². The highest BCUT2D eigenvalue weighted by Gasteiger charge is 2.09. The molecule has 0 spiro atoms. The van der Waals surface area contributed by atoms with Gasteiger partial charge in [0.15, 0.2) is 0 Å². The second-order valence-corrected chi connectivity index (χ2v) is 5.24. The predicted molar refractivity (Wildman–Crippen MR) is 88.3 cm³/mol. The number of nitrogens with two attached hydrogens (primary N) is 1. The fourth-order valence-electron chi connectivity index (χ4n) is 2.05. The summed E-state index contributed by atoms with van der Waals surface area (Å²) in [6, 6.07) is 12.5. The first kappa shape index (κ1) is 15.3. The molecule has 0 bridgehead atoms. The van der Waals surface area contributed by atoms with E-state index in [0.717, 1.165) is 30.0 Å². The predicted octanol–water partition coefficient (Wildman–Crippen LogP) is 2.16. The van der Waals surface area contributed by atoms with E-state index in [-0.39, 0.29) is 0 Å². The third-order valence-electron chi connectivity index (χ3n) is 3.58. The zero-order chi connectivity index (χ0) is 15.2. The van der Waals surface area contributed by atoms with Gasteiger partial charge in [-0.2, -0.15) is 4.98 Å². The molecular formula is C16H23N5.